The largest absolute Gasteiger partial charge is 0.545 e. The molecular weight excluding hydrogens is 352 g/mol. The summed E-state index contributed by atoms with van der Waals surface area (Å²) in [6.07, 6.45) is 0. The van der Waals surface area contributed by atoms with Crippen LogP contribution < -0.4 is 10.2 Å². The van der Waals surface area contributed by atoms with E-state index < -0.39 is 11.9 Å². The van der Waals surface area contributed by atoms with Crippen molar-refractivity contribution < 1.29 is 19.8 Å². The first-order chi connectivity index (χ1) is 13.5. The lowest BCUT2D eigenvalue weighted by Gasteiger charge is -2.18. The maximum atomic E-state index is 11.4. The SMILES string of the molecule is O=C([O-])c1cc2ccc3cc4cc(C(=O)[O-])cc5ccc6cc(c1)c2c3c6c54. The number of rotatable bonds is 2. The van der Waals surface area contributed by atoms with Gasteiger partial charge in [0.2, 0.25) is 0 Å². The van der Waals surface area contributed by atoms with Gasteiger partial charge in [-0.25, -0.2) is 0 Å². The molecule has 0 saturated carbocycles. The first-order valence-electron chi connectivity index (χ1n) is 8.85. The monoisotopic (exact) mass is 362 g/mol. The van der Waals surface area contributed by atoms with Crippen molar-refractivity contribution in [2.75, 3.05) is 0 Å². The van der Waals surface area contributed by atoms with E-state index in [4.69, 9.17) is 0 Å². The third-order valence-corrected chi connectivity index (χ3v) is 5.70. The second kappa shape index (κ2) is 4.87. The van der Waals surface area contributed by atoms with Crippen molar-refractivity contribution in [3.63, 3.8) is 0 Å². The molecular formula is C24H10O4-2. The van der Waals surface area contributed by atoms with Crippen LogP contribution in [0.15, 0.2) is 60.7 Å². The molecule has 0 radical (unpaired) electrons. The van der Waals surface area contributed by atoms with E-state index in [9.17, 15) is 19.8 Å². The number of hydrogen-bond acceptors (Lipinski definition) is 4. The van der Waals surface area contributed by atoms with E-state index in [1.165, 1.54) is 0 Å². The summed E-state index contributed by atoms with van der Waals surface area (Å²) in [4.78, 5) is 22.8. The maximum Gasteiger partial charge on any atom is 0.0715 e. The minimum absolute atomic E-state index is 0.155. The number of hydrogen-bond donors (Lipinski definition) is 0. The van der Waals surface area contributed by atoms with Crippen LogP contribution in [0.25, 0.3) is 53.9 Å². The summed E-state index contributed by atoms with van der Waals surface area (Å²) < 4.78 is 0. The Morgan fingerprint density at radius 1 is 0.464 bits per heavy atom. The van der Waals surface area contributed by atoms with Crippen LogP contribution in [0.1, 0.15) is 20.7 Å². The zero-order valence-electron chi connectivity index (χ0n) is 14.4. The number of carboxylic acids is 2. The third-order valence-electron chi connectivity index (χ3n) is 5.70. The van der Waals surface area contributed by atoms with Gasteiger partial charge in [0, 0.05) is 0 Å². The molecule has 6 aromatic rings. The average Bonchev–Trinajstić information content (AvgIpc) is 2.69. The quantitative estimate of drug-likeness (QED) is 0.350. The summed E-state index contributed by atoms with van der Waals surface area (Å²) in [6, 6.07) is 18.3. The van der Waals surface area contributed by atoms with Crippen LogP contribution in [0, 0.1) is 0 Å². The van der Waals surface area contributed by atoms with Gasteiger partial charge in [-0.05, 0) is 101 Å². The van der Waals surface area contributed by atoms with E-state index >= 15 is 0 Å². The Hall–Kier alpha value is -3.92. The smallest absolute Gasteiger partial charge is 0.0715 e. The van der Waals surface area contributed by atoms with E-state index in [1.807, 2.05) is 36.4 Å². The first kappa shape index (κ1) is 15.2. The van der Waals surface area contributed by atoms with E-state index in [-0.39, 0.29) is 11.1 Å². The van der Waals surface area contributed by atoms with Gasteiger partial charge in [-0.1, -0.05) is 24.3 Å². The van der Waals surface area contributed by atoms with E-state index in [1.54, 1.807) is 24.3 Å². The Kier molecular flexibility index (Phi) is 2.64. The van der Waals surface area contributed by atoms with Gasteiger partial charge in [0.15, 0.2) is 0 Å². The van der Waals surface area contributed by atoms with Crippen molar-refractivity contribution in [2.45, 2.75) is 0 Å². The highest BCUT2D eigenvalue weighted by Crippen LogP contribution is 2.43. The molecule has 0 atom stereocenters. The van der Waals surface area contributed by atoms with Crippen LogP contribution in [-0.2, 0) is 0 Å². The van der Waals surface area contributed by atoms with E-state index in [2.05, 4.69) is 0 Å². The van der Waals surface area contributed by atoms with Gasteiger partial charge in [0.05, 0.1) is 11.9 Å². The zero-order chi connectivity index (χ0) is 19.2. The third kappa shape index (κ3) is 1.79. The summed E-state index contributed by atoms with van der Waals surface area (Å²) in [6.45, 7) is 0. The van der Waals surface area contributed by atoms with Crippen LogP contribution in [0.3, 0.4) is 0 Å². The topological polar surface area (TPSA) is 80.3 Å². The summed E-state index contributed by atoms with van der Waals surface area (Å²) in [5.41, 5.74) is 0.309. The maximum absolute atomic E-state index is 11.4. The Bertz CT molecular complexity index is 1490. The molecule has 0 aliphatic rings. The number of benzene rings is 6. The van der Waals surface area contributed by atoms with Crippen molar-refractivity contribution in [3.05, 3.63) is 71.8 Å². The fourth-order valence-electron chi connectivity index (χ4n) is 4.61. The Balaban J connectivity index is 1.92. The highest BCUT2D eigenvalue weighted by Gasteiger charge is 2.17. The van der Waals surface area contributed by atoms with E-state index in [0.29, 0.717) is 0 Å². The lowest BCUT2D eigenvalue weighted by Crippen LogP contribution is -2.22. The molecule has 0 aromatic heterocycles. The summed E-state index contributed by atoms with van der Waals surface area (Å²) in [7, 11) is 0. The van der Waals surface area contributed by atoms with Crippen molar-refractivity contribution in [3.8, 4) is 0 Å². The summed E-state index contributed by atoms with van der Waals surface area (Å²) in [5.74, 6) is -2.39. The van der Waals surface area contributed by atoms with Gasteiger partial charge in [-0.15, -0.1) is 0 Å². The van der Waals surface area contributed by atoms with Crippen LogP contribution in [0.4, 0.5) is 0 Å². The predicted octanol–water partition coefficient (Wildman–Crippen LogP) is 3.06. The fourth-order valence-corrected chi connectivity index (χ4v) is 4.61. The molecule has 4 heteroatoms. The Labute approximate surface area is 157 Å². The van der Waals surface area contributed by atoms with Gasteiger partial charge in [-0.3, -0.25) is 0 Å². The molecule has 0 aliphatic carbocycles. The number of aromatic carboxylic acids is 2. The molecule has 6 aromatic carbocycles. The molecule has 132 valence electrons. The second-order valence-electron chi connectivity index (χ2n) is 7.25. The highest BCUT2D eigenvalue weighted by atomic mass is 16.4. The molecule has 0 unspecified atom stereocenters. The van der Waals surface area contributed by atoms with Gasteiger partial charge in [0.25, 0.3) is 0 Å². The summed E-state index contributed by atoms with van der Waals surface area (Å²) >= 11 is 0. The lowest BCUT2D eigenvalue weighted by molar-refractivity contribution is -0.256. The minimum Gasteiger partial charge on any atom is -0.545 e. The highest BCUT2D eigenvalue weighted by molar-refractivity contribution is 6.36. The molecule has 0 bridgehead atoms. The summed E-state index contributed by atoms with van der Waals surface area (Å²) in [5, 5.41) is 32.3. The molecule has 0 saturated heterocycles. The fraction of sp³-hybridized carbons (Fsp3) is 0. The predicted molar refractivity (Wildman–Crippen MR) is 105 cm³/mol. The standard InChI is InChI=1S/C24H12O4/c25-23(26)17-7-11-1-3-13-5-16-10-18(24(27)28)8-12-2-4-14-6-15(9-17)19(11)21(13)22(14)20(12)16/h1-10H,(H,25,26)(H,27,28)/p-2. The van der Waals surface area contributed by atoms with Gasteiger partial charge < -0.3 is 19.8 Å². The molecule has 0 spiro atoms. The molecule has 6 rings (SSSR count). The van der Waals surface area contributed by atoms with Crippen molar-refractivity contribution >= 4 is 65.8 Å². The van der Waals surface area contributed by atoms with Crippen LogP contribution in [0.2, 0.25) is 0 Å². The zero-order valence-corrected chi connectivity index (χ0v) is 14.4. The van der Waals surface area contributed by atoms with Crippen LogP contribution >= 0.6 is 0 Å². The average molecular weight is 362 g/mol. The molecule has 4 nitrogen and oxygen atoms in total. The van der Waals surface area contributed by atoms with E-state index in [0.717, 1.165) is 53.9 Å². The number of carbonyl (C=O) groups excluding carboxylic acids is 2. The number of carbonyl (C=O) groups is 2. The van der Waals surface area contributed by atoms with Crippen molar-refractivity contribution in [2.24, 2.45) is 0 Å². The molecule has 28 heavy (non-hydrogen) atoms. The first-order valence-corrected chi connectivity index (χ1v) is 8.85. The molecule has 0 aliphatic heterocycles. The van der Waals surface area contributed by atoms with Gasteiger partial charge >= 0.3 is 0 Å². The van der Waals surface area contributed by atoms with Crippen molar-refractivity contribution in [1.29, 1.82) is 0 Å². The van der Waals surface area contributed by atoms with Crippen LogP contribution in [-0.4, -0.2) is 11.9 Å². The normalized spacial score (nSPS) is 12.1. The molecule has 0 fully saturated rings. The van der Waals surface area contributed by atoms with Gasteiger partial charge in [-0.2, -0.15) is 0 Å². The minimum atomic E-state index is -1.20. The van der Waals surface area contributed by atoms with Gasteiger partial charge in [0.1, 0.15) is 0 Å². The molecule has 0 N–H and O–H groups in total. The van der Waals surface area contributed by atoms with Crippen LogP contribution in [0.5, 0.6) is 0 Å². The van der Waals surface area contributed by atoms with Crippen molar-refractivity contribution in [1.82, 2.24) is 0 Å². The molecule has 0 amide bonds. The lowest BCUT2D eigenvalue weighted by atomic mass is 9.86. The molecule has 0 heterocycles. The second-order valence-corrected chi connectivity index (χ2v) is 7.25. The Morgan fingerprint density at radius 3 is 1.14 bits per heavy atom. The number of carboxylic acid groups (broad SMARTS) is 2. The Morgan fingerprint density at radius 2 is 0.786 bits per heavy atom.